The summed E-state index contributed by atoms with van der Waals surface area (Å²) in [5.41, 5.74) is 0.701. The summed E-state index contributed by atoms with van der Waals surface area (Å²) in [6.45, 7) is 6.04. The number of hydrogen-bond acceptors (Lipinski definition) is 1. The lowest BCUT2D eigenvalue weighted by atomic mass is 9.67. The minimum atomic E-state index is 0.701. The van der Waals surface area contributed by atoms with Crippen LogP contribution in [-0.2, 0) is 0 Å². The molecule has 1 aliphatic heterocycles. The van der Waals surface area contributed by atoms with Gasteiger partial charge in [-0.2, -0.15) is 0 Å². The van der Waals surface area contributed by atoms with E-state index in [1.54, 1.807) is 0 Å². The van der Waals surface area contributed by atoms with Crippen molar-refractivity contribution in [1.82, 2.24) is 5.32 Å². The van der Waals surface area contributed by atoms with Crippen LogP contribution in [0.4, 0.5) is 0 Å². The van der Waals surface area contributed by atoms with Crippen molar-refractivity contribution in [2.45, 2.75) is 52.0 Å². The van der Waals surface area contributed by atoms with Crippen molar-refractivity contribution < 1.29 is 0 Å². The molecule has 2 fully saturated rings. The van der Waals surface area contributed by atoms with Crippen LogP contribution in [0, 0.1) is 11.3 Å². The van der Waals surface area contributed by atoms with E-state index in [2.05, 4.69) is 19.2 Å². The second-order valence-corrected chi connectivity index (χ2v) is 4.97. The zero-order valence-corrected chi connectivity index (χ0v) is 8.40. The molecule has 0 unspecified atom stereocenters. The van der Waals surface area contributed by atoms with E-state index < -0.39 is 0 Å². The molecule has 1 atom stereocenters. The fraction of sp³-hybridized carbons (Fsp3) is 1.00. The Labute approximate surface area is 75.9 Å². The predicted octanol–water partition coefficient (Wildman–Crippen LogP) is 2.56. The number of rotatable bonds is 0. The molecule has 1 heteroatoms. The number of hydrogen-bond donors (Lipinski definition) is 1. The second-order valence-electron chi connectivity index (χ2n) is 4.97. The lowest BCUT2D eigenvalue weighted by molar-refractivity contribution is 0.143. The third-order valence-corrected chi connectivity index (χ3v) is 4.26. The molecule has 0 radical (unpaired) electrons. The van der Waals surface area contributed by atoms with Crippen molar-refractivity contribution in [3.63, 3.8) is 0 Å². The Morgan fingerprint density at radius 2 is 1.75 bits per heavy atom. The van der Waals surface area contributed by atoms with Crippen molar-refractivity contribution in [1.29, 1.82) is 0 Å². The van der Waals surface area contributed by atoms with Crippen molar-refractivity contribution in [3.05, 3.63) is 0 Å². The van der Waals surface area contributed by atoms with Gasteiger partial charge in [-0.25, -0.2) is 0 Å². The van der Waals surface area contributed by atoms with E-state index in [1.807, 2.05) is 0 Å². The first-order valence-corrected chi connectivity index (χ1v) is 5.46. The highest BCUT2D eigenvalue weighted by Gasteiger charge is 2.41. The van der Waals surface area contributed by atoms with Gasteiger partial charge in [0, 0.05) is 6.04 Å². The normalized spacial score (nSPS) is 48.5. The quantitative estimate of drug-likeness (QED) is 0.584. The maximum atomic E-state index is 3.59. The Morgan fingerprint density at radius 3 is 2.25 bits per heavy atom. The van der Waals surface area contributed by atoms with Crippen LogP contribution in [0.2, 0.25) is 0 Å². The minimum Gasteiger partial charge on any atom is -0.314 e. The largest absolute Gasteiger partial charge is 0.314 e. The fourth-order valence-electron chi connectivity index (χ4n) is 2.99. The SMILES string of the molecule is CC1CCC2(CCN[C@@H]2C)CC1. The lowest BCUT2D eigenvalue weighted by Crippen LogP contribution is -2.36. The molecule has 0 aromatic carbocycles. The molecule has 1 heterocycles. The molecule has 0 bridgehead atoms. The van der Waals surface area contributed by atoms with Crippen LogP contribution in [0.1, 0.15) is 46.0 Å². The molecule has 1 saturated carbocycles. The molecule has 70 valence electrons. The monoisotopic (exact) mass is 167 g/mol. The Morgan fingerprint density at radius 1 is 1.08 bits per heavy atom. The van der Waals surface area contributed by atoms with Gasteiger partial charge >= 0.3 is 0 Å². The smallest absolute Gasteiger partial charge is 0.00956 e. The van der Waals surface area contributed by atoms with Crippen molar-refractivity contribution in [2.24, 2.45) is 11.3 Å². The highest BCUT2D eigenvalue weighted by Crippen LogP contribution is 2.46. The van der Waals surface area contributed by atoms with Crippen LogP contribution in [0.25, 0.3) is 0 Å². The number of nitrogens with one attached hydrogen (secondary N) is 1. The third kappa shape index (κ3) is 1.28. The van der Waals surface area contributed by atoms with E-state index in [0.717, 1.165) is 12.0 Å². The maximum absolute atomic E-state index is 3.59. The first-order valence-electron chi connectivity index (χ1n) is 5.46. The molecule has 0 aromatic rings. The zero-order valence-electron chi connectivity index (χ0n) is 8.40. The molecule has 0 aromatic heterocycles. The van der Waals surface area contributed by atoms with Crippen LogP contribution >= 0.6 is 0 Å². The first-order chi connectivity index (χ1) is 5.73. The Balaban J connectivity index is 2.02. The molecule has 0 amide bonds. The van der Waals surface area contributed by atoms with Gasteiger partial charge < -0.3 is 5.32 Å². The molecule has 1 nitrogen and oxygen atoms in total. The van der Waals surface area contributed by atoms with E-state index in [1.165, 1.54) is 38.6 Å². The van der Waals surface area contributed by atoms with Gasteiger partial charge in [0.25, 0.3) is 0 Å². The van der Waals surface area contributed by atoms with Crippen LogP contribution in [0.3, 0.4) is 0 Å². The first kappa shape index (κ1) is 8.55. The van der Waals surface area contributed by atoms with E-state index in [0.29, 0.717) is 5.41 Å². The summed E-state index contributed by atoms with van der Waals surface area (Å²) in [4.78, 5) is 0. The average Bonchev–Trinajstić information content (AvgIpc) is 2.41. The van der Waals surface area contributed by atoms with E-state index >= 15 is 0 Å². The summed E-state index contributed by atoms with van der Waals surface area (Å²) < 4.78 is 0. The predicted molar refractivity (Wildman–Crippen MR) is 52.1 cm³/mol. The maximum Gasteiger partial charge on any atom is 0.00956 e. The van der Waals surface area contributed by atoms with Crippen molar-refractivity contribution in [3.8, 4) is 0 Å². The molecule has 1 saturated heterocycles. The van der Waals surface area contributed by atoms with Gasteiger partial charge in [-0.05, 0) is 44.1 Å². The molecule has 1 aliphatic carbocycles. The van der Waals surface area contributed by atoms with Crippen molar-refractivity contribution >= 4 is 0 Å². The second kappa shape index (κ2) is 3.02. The summed E-state index contributed by atoms with van der Waals surface area (Å²) in [5.74, 6) is 0.989. The summed E-state index contributed by atoms with van der Waals surface area (Å²) in [6.07, 6.45) is 7.31. The van der Waals surface area contributed by atoms with Crippen molar-refractivity contribution in [2.75, 3.05) is 6.54 Å². The van der Waals surface area contributed by atoms with Gasteiger partial charge in [0.2, 0.25) is 0 Å². The standard InChI is InChI=1S/C11H21N/c1-9-3-5-11(6-4-9)7-8-12-10(11)2/h9-10,12H,3-8H2,1-2H3/t9?,10-,11?/m1/s1. The molecule has 2 aliphatic rings. The van der Waals surface area contributed by atoms with Gasteiger partial charge in [0.1, 0.15) is 0 Å². The highest BCUT2D eigenvalue weighted by atomic mass is 15.0. The van der Waals surface area contributed by atoms with Gasteiger partial charge in [0.15, 0.2) is 0 Å². The van der Waals surface area contributed by atoms with Gasteiger partial charge in [-0.3, -0.25) is 0 Å². The summed E-state index contributed by atoms with van der Waals surface area (Å²) >= 11 is 0. The van der Waals surface area contributed by atoms with Gasteiger partial charge in [-0.15, -0.1) is 0 Å². The molecule has 12 heavy (non-hydrogen) atoms. The summed E-state index contributed by atoms with van der Waals surface area (Å²) in [6, 6.07) is 0.782. The van der Waals surface area contributed by atoms with Gasteiger partial charge in [-0.1, -0.05) is 19.8 Å². The third-order valence-electron chi connectivity index (χ3n) is 4.26. The summed E-state index contributed by atoms with van der Waals surface area (Å²) in [7, 11) is 0. The highest BCUT2D eigenvalue weighted by molar-refractivity contribution is 4.96. The average molecular weight is 167 g/mol. The van der Waals surface area contributed by atoms with Gasteiger partial charge in [0.05, 0.1) is 0 Å². The van der Waals surface area contributed by atoms with Crippen LogP contribution in [0.15, 0.2) is 0 Å². The summed E-state index contributed by atoms with van der Waals surface area (Å²) in [5, 5.41) is 3.59. The van der Waals surface area contributed by atoms with Crippen LogP contribution < -0.4 is 5.32 Å². The minimum absolute atomic E-state index is 0.701. The molecule has 1 N–H and O–H groups in total. The van der Waals surface area contributed by atoms with E-state index in [4.69, 9.17) is 0 Å². The van der Waals surface area contributed by atoms with E-state index in [-0.39, 0.29) is 0 Å². The Kier molecular flexibility index (Phi) is 2.16. The van der Waals surface area contributed by atoms with E-state index in [9.17, 15) is 0 Å². The molecular formula is C11H21N. The Hall–Kier alpha value is -0.0400. The zero-order chi connectivity index (χ0) is 8.60. The van der Waals surface area contributed by atoms with Crippen LogP contribution in [-0.4, -0.2) is 12.6 Å². The van der Waals surface area contributed by atoms with Crippen LogP contribution in [0.5, 0.6) is 0 Å². The fourth-order valence-corrected chi connectivity index (χ4v) is 2.99. The lowest BCUT2D eigenvalue weighted by Gasteiger charge is -2.39. The topological polar surface area (TPSA) is 12.0 Å². The molecule has 1 spiro atoms. The molecular weight excluding hydrogens is 146 g/mol. The molecule has 2 rings (SSSR count). The Bertz CT molecular complexity index is 156.